The molecule has 0 saturated carbocycles. The van der Waals surface area contributed by atoms with E-state index in [4.69, 9.17) is 0 Å². The molecule has 1 aromatic heterocycles. The molecule has 6 heteroatoms. The summed E-state index contributed by atoms with van der Waals surface area (Å²) in [6, 6.07) is 2.49. The zero-order valence-electron chi connectivity index (χ0n) is 9.34. The SMILES string of the molecule is CC(=O)SCCC(O)C(O)c1ccc(F)nc1. The molecule has 0 saturated heterocycles. The maximum atomic E-state index is 12.5. The molecule has 2 atom stereocenters. The smallest absolute Gasteiger partial charge is 0.212 e. The molecule has 0 aromatic carbocycles. The number of pyridine rings is 1. The lowest BCUT2D eigenvalue weighted by Crippen LogP contribution is -2.19. The highest BCUT2D eigenvalue weighted by Gasteiger charge is 2.18. The average molecular weight is 259 g/mol. The summed E-state index contributed by atoms with van der Waals surface area (Å²) < 4.78 is 12.5. The minimum atomic E-state index is -1.12. The van der Waals surface area contributed by atoms with Crippen LogP contribution in [0.4, 0.5) is 4.39 Å². The van der Waals surface area contributed by atoms with Crippen molar-refractivity contribution in [2.75, 3.05) is 5.75 Å². The Hall–Kier alpha value is -0.980. The van der Waals surface area contributed by atoms with Gasteiger partial charge in [0.1, 0.15) is 6.10 Å². The number of aliphatic hydroxyl groups is 2. The molecule has 0 aliphatic carbocycles. The Labute approximate surface area is 103 Å². The van der Waals surface area contributed by atoms with Gasteiger partial charge in [-0.2, -0.15) is 4.39 Å². The second kappa shape index (κ2) is 6.68. The molecule has 0 aliphatic rings. The van der Waals surface area contributed by atoms with E-state index in [1.807, 2.05) is 0 Å². The van der Waals surface area contributed by atoms with E-state index in [9.17, 15) is 19.4 Å². The van der Waals surface area contributed by atoms with Crippen LogP contribution in [0.5, 0.6) is 0 Å². The number of carbonyl (C=O) groups excluding carboxylic acids is 1. The van der Waals surface area contributed by atoms with Crippen LogP contribution in [0.3, 0.4) is 0 Å². The summed E-state index contributed by atoms with van der Waals surface area (Å²) in [5.41, 5.74) is 0.353. The second-order valence-corrected chi connectivity index (χ2v) is 4.83. The number of hydrogen-bond donors (Lipinski definition) is 2. The number of hydrogen-bond acceptors (Lipinski definition) is 5. The minimum Gasteiger partial charge on any atom is -0.390 e. The van der Waals surface area contributed by atoms with Gasteiger partial charge in [-0.3, -0.25) is 4.79 Å². The highest BCUT2D eigenvalue weighted by Crippen LogP contribution is 2.19. The minimum absolute atomic E-state index is 0.0323. The van der Waals surface area contributed by atoms with Gasteiger partial charge in [-0.25, -0.2) is 4.98 Å². The van der Waals surface area contributed by atoms with Gasteiger partial charge in [-0.05, 0) is 12.5 Å². The molecular formula is C11H14FNO3S. The zero-order chi connectivity index (χ0) is 12.8. The maximum absolute atomic E-state index is 12.5. The van der Waals surface area contributed by atoms with E-state index >= 15 is 0 Å². The molecule has 1 heterocycles. The van der Waals surface area contributed by atoms with Gasteiger partial charge in [0.15, 0.2) is 5.12 Å². The van der Waals surface area contributed by atoms with Crippen molar-refractivity contribution in [2.24, 2.45) is 0 Å². The standard InChI is InChI=1S/C11H14FNO3S/c1-7(14)17-5-4-9(15)11(16)8-2-3-10(12)13-6-8/h2-3,6,9,11,15-16H,4-5H2,1H3. The molecule has 0 radical (unpaired) electrons. The summed E-state index contributed by atoms with van der Waals surface area (Å²) >= 11 is 1.09. The highest BCUT2D eigenvalue weighted by atomic mass is 32.2. The summed E-state index contributed by atoms with van der Waals surface area (Å²) in [7, 11) is 0. The summed E-state index contributed by atoms with van der Waals surface area (Å²) in [6.07, 6.45) is -0.644. The van der Waals surface area contributed by atoms with Crippen LogP contribution in [0.15, 0.2) is 18.3 Å². The van der Waals surface area contributed by atoms with Gasteiger partial charge in [-0.15, -0.1) is 0 Å². The van der Waals surface area contributed by atoms with Gasteiger partial charge in [-0.1, -0.05) is 17.8 Å². The van der Waals surface area contributed by atoms with Crippen LogP contribution in [0.1, 0.15) is 25.0 Å². The third-order valence-corrected chi connectivity index (χ3v) is 3.02. The van der Waals surface area contributed by atoms with Gasteiger partial charge in [0.25, 0.3) is 0 Å². The lowest BCUT2D eigenvalue weighted by Gasteiger charge is -2.17. The highest BCUT2D eigenvalue weighted by molar-refractivity contribution is 8.13. The van der Waals surface area contributed by atoms with E-state index in [1.165, 1.54) is 19.2 Å². The first-order valence-electron chi connectivity index (χ1n) is 5.11. The Morgan fingerprint density at radius 1 is 1.53 bits per heavy atom. The third kappa shape index (κ3) is 4.80. The van der Waals surface area contributed by atoms with Crippen LogP contribution in [0.2, 0.25) is 0 Å². The molecule has 17 heavy (non-hydrogen) atoms. The van der Waals surface area contributed by atoms with Crippen LogP contribution in [-0.4, -0.2) is 32.2 Å². The van der Waals surface area contributed by atoms with Crippen LogP contribution in [-0.2, 0) is 4.79 Å². The second-order valence-electron chi connectivity index (χ2n) is 3.56. The van der Waals surface area contributed by atoms with E-state index in [-0.39, 0.29) is 11.5 Å². The number of nitrogens with zero attached hydrogens (tertiary/aromatic N) is 1. The zero-order valence-corrected chi connectivity index (χ0v) is 10.2. The predicted octanol–water partition coefficient (Wildman–Crippen LogP) is 1.28. The average Bonchev–Trinajstić information content (AvgIpc) is 2.28. The Bertz CT molecular complexity index is 371. The fourth-order valence-corrected chi connectivity index (χ4v) is 1.91. The maximum Gasteiger partial charge on any atom is 0.212 e. The third-order valence-electron chi connectivity index (χ3n) is 2.18. The van der Waals surface area contributed by atoms with Gasteiger partial charge in [0.2, 0.25) is 5.95 Å². The van der Waals surface area contributed by atoms with Crippen LogP contribution < -0.4 is 0 Å². The van der Waals surface area contributed by atoms with Crippen molar-refractivity contribution in [1.82, 2.24) is 4.98 Å². The van der Waals surface area contributed by atoms with Crippen molar-refractivity contribution in [3.05, 3.63) is 29.8 Å². The molecular weight excluding hydrogens is 245 g/mol. The van der Waals surface area contributed by atoms with Crippen molar-refractivity contribution in [2.45, 2.75) is 25.6 Å². The first-order chi connectivity index (χ1) is 8.00. The largest absolute Gasteiger partial charge is 0.390 e. The van der Waals surface area contributed by atoms with Crippen LogP contribution in [0, 0.1) is 5.95 Å². The molecule has 4 nitrogen and oxygen atoms in total. The first kappa shape index (κ1) is 14.1. The Kier molecular flexibility index (Phi) is 5.54. The summed E-state index contributed by atoms with van der Waals surface area (Å²) in [6.45, 7) is 1.44. The number of thioether (sulfide) groups is 1. The van der Waals surface area contributed by atoms with Crippen LogP contribution >= 0.6 is 11.8 Å². The molecule has 2 unspecified atom stereocenters. The lowest BCUT2D eigenvalue weighted by atomic mass is 10.1. The lowest BCUT2D eigenvalue weighted by molar-refractivity contribution is -0.109. The van der Waals surface area contributed by atoms with E-state index in [2.05, 4.69) is 4.98 Å². The molecule has 0 fully saturated rings. The number of rotatable bonds is 5. The number of halogens is 1. The van der Waals surface area contributed by atoms with E-state index in [1.54, 1.807) is 0 Å². The van der Waals surface area contributed by atoms with Crippen molar-refractivity contribution < 1.29 is 19.4 Å². The molecule has 0 bridgehead atoms. The van der Waals surface area contributed by atoms with E-state index in [0.717, 1.165) is 17.8 Å². The molecule has 0 spiro atoms. The summed E-state index contributed by atoms with van der Waals surface area (Å²) in [5.74, 6) is -0.204. The topological polar surface area (TPSA) is 70.4 Å². The predicted molar refractivity (Wildman–Crippen MR) is 62.9 cm³/mol. The molecule has 2 N–H and O–H groups in total. The monoisotopic (exact) mass is 259 g/mol. The van der Waals surface area contributed by atoms with Crippen molar-refractivity contribution in [3.8, 4) is 0 Å². The first-order valence-corrected chi connectivity index (χ1v) is 6.10. The van der Waals surface area contributed by atoms with Gasteiger partial charge < -0.3 is 10.2 Å². The van der Waals surface area contributed by atoms with Gasteiger partial charge in [0, 0.05) is 24.4 Å². The number of aliphatic hydroxyl groups excluding tert-OH is 2. The summed E-state index contributed by atoms with van der Waals surface area (Å²) in [5, 5.41) is 19.4. The molecule has 0 amide bonds. The molecule has 0 aliphatic heterocycles. The van der Waals surface area contributed by atoms with Gasteiger partial charge in [0.05, 0.1) is 6.10 Å². The fourth-order valence-electron chi connectivity index (χ4n) is 1.27. The Balaban J connectivity index is 2.48. The summed E-state index contributed by atoms with van der Waals surface area (Å²) in [4.78, 5) is 14.1. The van der Waals surface area contributed by atoms with E-state index in [0.29, 0.717) is 11.3 Å². The molecule has 94 valence electrons. The Morgan fingerprint density at radius 3 is 2.76 bits per heavy atom. The molecule has 1 rings (SSSR count). The normalized spacial score (nSPS) is 14.4. The van der Waals surface area contributed by atoms with Crippen molar-refractivity contribution in [1.29, 1.82) is 0 Å². The quantitative estimate of drug-likeness (QED) is 0.780. The Morgan fingerprint density at radius 2 is 2.24 bits per heavy atom. The van der Waals surface area contributed by atoms with E-state index < -0.39 is 18.2 Å². The number of carbonyl (C=O) groups is 1. The van der Waals surface area contributed by atoms with Gasteiger partial charge >= 0.3 is 0 Å². The molecule has 1 aromatic rings. The van der Waals surface area contributed by atoms with Crippen molar-refractivity contribution >= 4 is 16.9 Å². The fraction of sp³-hybridized carbons (Fsp3) is 0.455. The number of aromatic nitrogens is 1. The van der Waals surface area contributed by atoms with Crippen LogP contribution in [0.25, 0.3) is 0 Å². The van der Waals surface area contributed by atoms with Crippen molar-refractivity contribution in [3.63, 3.8) is 0 Å².